The maximum atomic E-state index is 12.2. The van der Waals surface area contributed by atoms with Crippen LogP contribution in [0.1, 0.15) is 21.5 Å². The number of hydrogen-bond acceptors (Lipinski definition) is 6. The van der Waals surface area contributed by atoms with E-state index in [-0.39, 0.29) is 28.5 Å². The summed E-state index contributed by atoms with van der Waals surface area (Å²) >= 11 is 2.23. The molecule has 0 saturated carbocycles. The van der Waals surface area contributed by atoms with Crippen molar-refractivity contribution in [2.24, 2.45) is 5.73 Å². The Morgan fingerprint density at radius 3 is 2.67 bits per heavy atom. The molecule has 9 heteroatoms. The molecule has 0 radical (unpaired) electrons. The molecule has 0 spiro atoms. The predicted octanol–water partition coefficient (Wildman–Crippen LogP) is 2.74. The highest BCUT2D eigenvalue weighted by molar-refractivity contribution is 8.02. The van der Waals surface area contributed by atoms with E-state index in [1.54, 1.807) is 0 Å². The number of rotatable bonds is 5. The minimum Gasteiger partial charge on any atom is -0.506 e. The van der Waals surface area contributed by atoms with Crippen LogP contribution < -0.4 is 16.6 Å². The first-order valence-corrected chi connectivity index (χ1v) is 9.75. The fourth-order valence-corrected chi connectivity index (χ4v) is 4.78. The third-order valence-electron chi connectivity index (χ3n) is 4.00. The van der Waals surface area contributed by atoms with Crippen LogP contribution in [0, 0.1) is 13.8 Å². The van der Waals surface area contributed by atoms with E-state index in [1.165, 1.54) is 0 Å². The molecule has 0 bridgehead atoms. The van der Waals surface area contributed by atoms with Crippen molar-refractivity contribution in [2.45, 2.75) is 18.1 Å². The highest BCUT2D eigenvalue weighted by Gasteiger charge is 2.21. The molecular formula is C18H17N3O4S2. The van der Waals surface area contributed by atoms with Crippen molar-refractivity contribution in [2.75, 3.05) is 11.1 Å². The van der Waals surface area contributed by atoms with Crippen molar-refractivity contribution in [1.29, 1.82) is 0 Å². The SMILES string of the molecule is Cc1ccc(NC(=O)CSc2sc3c(O)cc(=O)[nH]c3c2C(N)=O)cc1C. The molecule has 27 heavy (non-hydrogen) atoms. The fourth-order valence-electron chi connectivity index (χ4n) is 2.53. The molecule has 0 aliphatic rings. The number of thioether (sulfide) groups is 1. The van der Waals surface area contributed by atoms with Crippen LogP contribution >= 0.6 is 23.1 Å². The molecule has 0 aliphatic heterocycles. The van der Waals surface area contributed by atoms with Gasteiger partial charge in [0, 0.05) is 11.8 Å². The van der Waals surface area contributed by atoms with Crippen LogP contribution in [0.4, 0.5) is 5.69 Å². The number of hydrogen-bond donors (Lipinski definition) is 4. The Bertz CT molecular complexity index is 1120. The van der Waals surface area contributed by atoms with Gasteiger partial charge in [0.2, 0.25) is 5.91 Å². The van der Waals surface area contributed by atoms with Gasteiger partial charge in [0.25, 0.3) is 11.5 Å². The molecule has 0 aliphatic carbocycles. The average molecular weight is 403 g/mol. The number of carbonyl (C=O) groups excluding carboxylic acids is 2. The van der Waals surface area contributed by atoms with Crippen LogP contribution in [0.15, 0.2) is 33.3 Å². The molecule has 0 atom stereocenters. The van der Waals surface area contributed by atoms with Gasteiger partial charge in [0.05, 0.1) is 25.7 Å². The molecule has 0 unspecified atom stereocenters. The largest absolute Gasteiger partial charge is 0.506 e. The minimum atomic E-state index is -0.737. The summed E-state index contributed by atoms with van der Waals surface area (Å²) in [5.74, 6) is -1.16. The van der Waals surface area contributed by atoms with Gasteiger partial charge in [-0.15, -0.1) is 23.1 Å². The van der Waals surface area contributed by atoms with E-state index in [9.17, 15) is 19.5 Å². The topological polar surface area (TPSA) is 125 Å². The number of primary amides is 1. The first kappa shape index (κ1) is 19.0. The molecule has 5 N–H and O–H groups in total. The summed E-state index contributed by atoms with van der Waals surface area (Å²) in [4.78, 5) is 38.2. The summed E-state index contributed by atoms with van der Waals surface area (Å²) in [7, 11) is 0. The lowest BCUT2D eigenvalue weighted by molar-refractivity contribution is -0.113. The third-order valence-corrected chi connectivity index (χ3v) is 6.48. The normalized spacial score (nSPS) is 10.9. The van der Waals surface area contributed by atoms with E-state index < -0.39 is 11.5 Å². The highest BCUT2D eigenvalue weighted by atomic mass is 32.2. The van der Waals surface area contributed by atoms with Crippen molar-refractivity contribution in [3.8, 4) is 5.75 Å². The van der Waals surface area contributed by atoms with Crippen molar-refractivity contribution in [3.63, 3.8) is 0 Å². The lowest BCUT2D eigenvalue weighted by Crippen LogP contribution is -2.15. The quantitative estimate of drug-likeness (QED) is 0.488. The molecule has 3 rings (SSSR count). The summed E-state index contributed by atoms with van der Waals surface area (Å²) in [6.45, 7) is 3.95. The molecule has 0 saturated heterocycles. The number of aromatic nitrogens is 1. The molecular weight excluding hydrogens is 386 g/mol. The van der Waals surface area contributed by atoms with Crippen molar-refractivity contribution >= 4 is 50.8 Å². The number of H-pyrrole nitrogens is 1. The van der Waals surface area contributed by atoms with Gasteiger partial charge < -0.3 is 21.1 Å². The van der Waals surface area contributed by atoms with Crippen molar-refractivity contribution in [1.82, 2.24) is 4.98 Å². The lowest BCUT2D eigenvalue weighted by Gasteiger charge is -2.07. The number of aromatic amines is 1. The van der Waals surface area contributed by atoms with Crippen molar-refractivity contribution < 1.29 is 14.7 Å². The minimum absolute atomic E-state index is 0.0466. The molecule has 7 nitrogen and oxygen atoms in total. The smallest absolute Gasteiger partial charge is 0.252 e. The summed E-state index contributed by atoms with van der Waals surface area (Å²) < 4.78 is 0.811. The molecule has 1 aromatic carbocycles. The van der Waals surface area contributed by atoms with Gasteiger partial charge in [-0.2, -0.15) is 0 Å². The Kier molecular flexibility index (Phi) is 5.24. The number of anilines is 1. The first-order chi connectivity index (χ1) is 12.8. The maximum absolute atomic E-state index is 12.2. The Hall–Kier alpha value is -2.78. The van der Waals surface area contributed by atoms with E-state index in [2.05, 4.69) is 10.3 Å². The number of fused-ring (bicyclic) bond motifs is 1. The van der Waals surface area contributed by atoms with Crippen LogP contribution in [0.2, 0.25) is 0 Å². The van der Waals surface area contributed by atoms with Gasteiger partial charge in [-0.1, -0.05) is 6.07 Å². The second kappa shape index (κ2) is 7.45. The van der Waals surface area contributed by atoms with Crippen molar-refractivity contribution in [3.05, 3.63) is 51.3 Å². The Labute approximate surface area is 162 Å². The van der Waals surface area contributed by atoms with Crippen LogP contribution in [0.5, 0.6) is 5.75 Å². The number of pyridine rings is 1. The number of benzene rings is 1. The second-order valence-electron chi connectivity index (χ2n) is 5.99. The number of nitrogens with two attached hydrogens (primary N) is 1. The lowest BCUT2D eigenvalue weighted by atomic mass is 10.1. The van der Waals surface area contributed by atoms with E-state index in [1.807, 2.05) is 32.0 Å². The van der Waals surface area contributed by atoms with Gasteiger partial charge in [0.15, 0.2) is 0 Å². The van der Waals surface area contributed by atoms with Crippen LogP contribution in [0.3, 0.4) is 0 Å². The first-order valence-electron chi connectivity index (χ1n) is 7.94. The number of amides is 2. The van der Waals surface area contributed by atoms with Gasteiger partial charge >= 0.3 is 0 Å². The van der Waals surface area contributed by atoms with E-state index in [0.717, 1.165) is 40.3 Å². The molecule has 2 aromatic heterocycles. The van der Waals surface area contributed by atoms with Gasteiger partial charge in [0.1, 0.15) is 5.75 Å². The van der Waals surface area contributed by atoms with E-state index >= 15 is 0 Å². The molecule has 140 valence electrons. The Morgan fingerprint density at radius 2 is 2.00 bits per heavy atom. The van der Waals surface area contributed by atoms with Crippen LogP contribution in [-0.2, 0) is 4.79 Å². The summed E-state index contributed by atoms with van der Waals surface area (Å²) in [6.07, 6.45) is 0. The Balaban J connectivity index is 1.82. The highest BCUT2D eigenvalue weighted by Crippen LogP contribution is 2.40. The van der Waals surface area contributed by atoms with E-state index in [0.29, 0.717) is 14.6 Å². The zero-order valence-corrected chi connectivity index (χ0v) is 16.2. The van der Waals surface area contributed by atoms with Gasteiger partial charge in [-0.25, -0.2) is 0 Å². The summed E-state index contributed by atoms with van der Waals surface area (Å²) in [5.41, 5.74) is 8.09. The van der Waals surface area contributed by atoms with Gasteiger partial charge in [-0.05, 0) is 37.1 Å². The zero-order chi connectivity index (χ0) is 19.7. The monoisotopic (exact) mass is 403 g/mol. The number of nitrogens with one attached hydrogen (secondary N) is 2. The Morgan fingerprint density at radius 1 is 1.26 bits per heavy atom. The average Bonchev–Trinajstić information content (AvgIpc) is 2.95. The number of thiophene rings is 1. The summed E-state index contributed by atoms with van der Waals surface area (Å²) in [6, 6.07) is 6.66. The molecule has 3 aromatic rings. The number of aromatic hydroxyl groups is 1. The third kappa shape index (κ3) is 3.99. The number of carbonyl (C=O) groups is 2. The maximum Gasteiger partial charge on any atom is 0.252 e. The molecule has 0 fully saturated rings. The fraction of sp³-hybridized carbons (Fsp3) is 0.167. The zero-order valence-electron chi connectivity index (χ0n) is 14.6. The number of aryl methyl sites for hydroxylation is 2. The van der Waals surface area contributed by atoms with Crippen LogP contribution in [-0.4, -0.2) is 27.7 Å². The summed E-state index contributed by atoms with van der Waals surface area (Å²) in [5, 5.41) is 12.7. The predicted molar refractivity (Wildman–Crippen MR) is 108 cm³/mol. The van der Waals surface area contributed by atoms with Crippen LogP contribution in [0.25, 0.3) is 10.2 Å². The standard InChI is InChI=1S/C18H17N3O4S2/c1-8-3-4-10(5-9(8)2)20-13(24)7-26-18-14(17(19)25)15-16(27-18)11(22)6-12(23)21-15/h3-6H,7H2,1-2H3,(H2,19,25)(H,20,24)(H2,21,22,23). The van der Waals surface area contributed by atoms with Gasteiger partial charge in [-0.3, -0.25) is 14.4 Å². The second-order valence-corrected chi connectivity index (χ2v) is 8.25. The van der Waals surface area contributed by atoms with E-state index in [4.69, 9.17) is 5.73 Å². The molecule has 2 amide bonds. The molecule has 2 heterocycles.